The van der Waals surface area contributed by atoms with E-state index in [1.807, 2.05) is 0 Å². The molecule has 1 fully saturated rings. The molecule has 1 saturated heterocycles. The first-order valence-electron chi connectivity index (χ1n) is 3.46. The number of aliphatic hydroxyl groups excluding tert-OH is 1. The predicted molar refractivity (Wildman–Crippen MR) is 36.1 cm³/mol. The molecule has 0 amide bonds. The molecule has 2 atom stereocenters. The van der Waals surface area contributed by atoms with Crippen LogP contribution in [-0.4, -0.2) is 30.3 Å². The summed E-state index contributed by atoms with van der Waals surface area (Å²) in [6, 6.07) is 0.259. The van der Waals surface area contributed by atoms with E-state index in [1.165, 1.54) is 6.42 Å². The SMILES string of the molecule is NC[C@H](O)C1CCCN1. The first-order chi connectivity index (χ1) is 4.34. The van der Waals surface area contributed by atoms with Crippen molar-refractivity contribution in [2.45, 2.75) is 25.0 Å². The van der Waals surface area contributed by atoms with Crippen LogP contribution in [0.15, 0.2) is 0 Å². The minimum absolute atomic E-state index is 0.259. The zero-order valence-corrected chi connectivity index (χ0v) is 5.51. The van der Waals surface area contributed by atoms with Gasteiger partial charge < -0.3 is 16.2 Å². The molecule has 0 aromatic rings. The van der Waals surface area contributed by atoms with E-state index in [0.29, 0.717) is 6.54 Å². The molecule has 1 rings (SSSR count). The van der Waals surface area contributed by atoms with Crippen molar-refractivity contribution in [1.29, 1.82) is 0 Å². The largest absolute Gasteiger partial charge is 0.390 e. The van der Waals surface area contributed by atoms with Crippen molar-refractivity contribution in [1.82, 2.24) is 5.32 Å². The summed E-state index contributed by atoms with van der Waals surface area (Å²) < 4.78 is 0. The lowest BCUT2D eigenvalue weighted by Gasteiger charge is -2.15. The van der Waals surface area contributed by atoms with Crippen molar-refractivity contribution in [3.8, 4) is 0 Å². The normalized spacial score (nSPS) is 30.7. The van der Waals surface area contributed by atoms with Crippen LogP contribution in [0.25, 0.3) is 0 Å². The van der Waals surface area contributed by atoms with Crippen LogP contribution in [0.5, 0.6) is 0 Å². The maximum Gasteiger partial charge on any atom is 0.0815 e. The van der Waals surface area contributed by atoms with Gasteiger partial charge in [0.2, 0.25) is 0 Å². The second-order valence-corrected chi connectivity index (χ2v) is 2.51. The van der Waals surface area contributed by atoms with E-state index in [2.05, 4.69) is 5.32 Å². The smallest absolute Gasteiger partial charge is 0.0815 e. The number of nitrogens with two attached hydrogens (primary N) is 1. The van der Waals surface area contributed by atoms with E-state index in [4.69, 9.17) is 5.73 Å². The third-order valence-corrected chi connectivity index (χ3v) is 1.80. The molecule has 0 saturated carbocycles. The molecule has 0 aromatic heterocycles. The van der Waals surface area contributed by atoms with E-state index < -0.39 is 0 Å². The molecule has 1 unspecified atom stereocenters. The number of rotatable bonds is 2. The molecule has 54 valence electrons. The molecule has 1 aliphatic rings. The fourth-order valence-corrected chi connectivity index (χ4v) is 1.20. The third-order valence-electron chi connectivity index (χ3n) is 1.80. The molecule has 3 heteroatoms. The Morgan fingerprint density at radius 1 is 1.78 bits per heavy atom. The second-order valence-electron chi connectivity index (χ2n) is 2.51. The molecule has 0 radical (unpaired) electrons. The van der Waals surface area contributed by atoms with Crippen molar-refractivity contribution in [3.05, 3.63) is 0 Å². The predicted octanol–water partition coefficient (Wildman–Crippen LogP) is -0.942. The van der Waals surface area contributed by atoms with Crippen molar-refractivity contribution in [2.75, 3.05) is 13.1 Å². The minimum Gasteiger partial charge on any atom is -0.390 e. The monoisotopic (exact) mass is 130 g/mol. The first-order valence-corrected chi connectivity index (χ1v) is 3.46. The first kappa shape index (κ1) is 6.99. The van der Waals surface area contributed by atoms with Crippen LogP contribution < -0.4 is 11.1 Å². The molecule has 9 heavy (non-hydrogen) atoms. The molecule has 0 aliphatic carbocycles. The van der Waals surface area contributed by atoms with Crippen molar-refractivity contribution in [2.24, 2.45) is 5.73 Å². The highest BCUT2D eigenvalue weighted by Gasteiger charge is 2.20. The average molecular weight is 130 g/mol. The zero-order chi connectivity index (χ0) is 6.69. The summed E-state index contributed by atoms with van der Waals surface area (Å²) in [6.07, 6.45) is 1.90. The van der Waals surface area contributed by atoms with E-state index in [0.717, 1.165) is 13.0 Å². The summed E-state index contributed by atoms with van der Waals surface area (Å²) in [5, 5.41) is 12.3. The van der Waals surface area contributed by atoms with Gasteiger partial charge in [0.15, 0.2) is 0 Å². The van der Waals surface area contributed by atoms with Gasteiger partial charge in [-0.05, 0) is 19.4 Å². The Morgan fingerprint density at radius 3 is 3.00 bits per heavy atom. The Morgan fingerprint density at radius 2 is 2.56 bits per heavy atom. The van der Waals surface area contributed by atoms with Crippen LogP contribution in [0.1, 0.15) is 12.8 Å². The number of aliphatic hydroxyl groups is 1. The number of hydrogen-bond donors (Lipinski definition) is 3. The summed E-state index contributed by atoms with van der Waals surface area (Å²) in [6.45, 7) is 1.40. The van der Waals surface area contributed by atoms with Crippen molar-refractivity contribution < 1.29 is 5.11 Å². The van der Waals surface area contributed by atoms with Crippen LogP contribution in [0, 0.1) is 0 Å². The standard InChI is InChI=1S/C6H14N2O/c7-4-6(9)5-2-1-3-8-5/h5-6,8-9H,1-4,7H2/t5?,6-/m0/s1. The van der Waals surface area contributed by atoms with Crippen LogP contribution >= 0.6 is 0 Å². The van der Waals surface area contributed by atoms with Crippen LogP contribution in [0.3, 0.4) is 0 Å². The van der Waals surface area contributed by atoms with Gasteiger partial charge in [-0.15, -0.1) is 0 Å². The number of hydrogen-bond acceptors (Lipinski definition) is 3. The lowest BCUT2D eigenvalue weighted by Crippen LogP contribution is -2.39. The lowest BCUT2D eigenvalue weighted by molar-refractivity contribution is 0.143. The van der Waals surface area contributed by atoms with Gasteiger partial charge in [-0.25, -0.2) is 0 Å². The highest BCUT2D eigenvalue weighted by atomic mass is 16.3. The molecular weight excluding hydrogens is 116 g/mol. The van der Waals surface area contributed by atoms with E-state index in [1.54, 1.807) is 0 Å². The molecular formula is C6H14N2O. The minimum atomic E-state index is -0.340. The molecule has 3 nitrogen and oxygen atoms in total. The summed E-state index contributed by atoms with van der Waals surface area (Å²) in [5.41, 5.74) is 5.26. The van der Waals surface area contributed by atoms with Gasteiger partial charge in [-0.2, -0.15) is 0 Å². The highest BCUT2D eigenvalue weighted by molar-refractivity contribution is 4.81. The summed E-state index contributed by atoms with van der Waals surface area (Å²) in [4.78, 5) is 0. The molecule has 0 bridgehead atoms. The van der Waals surface area contributed by atoms with E-state index in [9.17, 15) is 5.11 Å². The topological polar surface area (TPSA) is 58.3 Å². The number of nitrogens with one attached hydrogen (secondary N) is 1. The molecule has 0 aromatic carbocycles. The maximum absolute atomic E-state index is 9.17. The van der Waals surface area contributed by atoms with Crippen molar-refractivity contribution in [3.63, 3.8) is 0 Å². The van der Waals surface area contributed by atoms with Gasteiger partial charge in [0.1, 0.15) is 0 Å². The fourth-order valence-electron chi connectivity index (χ4n) is 1.20. The summed E-state index contributed by atoms with van der Waals surface area (Å²) in [7, 11) is 0. The van der Waals surface area contributed by atoms with Crippen LogP contribution in [0.2, 0.25) is 0 Å². The molecule has 1 heterocycles. The van der Waals surface area contributed by atoms with E-state index in [-0.39, 0.29) is 12.1 Å². The highest BCUT2D eigenvalue weighted by Crippen LogP contribution is 2.07. The van der Waals surface area contributed by atoms with Gasteiger partial charge >= 0.3 is 0 Å². The summed E-state index contributed by atoms with van der Waals surface area (Å²) >= 11 is 0. The third kappa shape index (κ3) is 1.64. The second kappa shape index (κ2) is 3.15. The van der Waals surface area contributed by atoms with Gasteiger partial charge in [-0.1, -0.05) is 0 Å². The fraction of sp³-hybridized carbons (Fsp3) is 1.00. The van der Waals surface area contributed by atoms with Crippen LogP contribution in [0.4, 0.5) is 0 Å². The molecule has 1 aliphatic heterocycles. The van der Waals surface area contributed by atoms with Gasteiger partial charge in [-0.3, -0.25) is 0 Å². The van der Waals surface area contributed by atoms with Gasteiger partial charge in [0.25, 0.3) is 0 Å². The quantitative estimate of drug-likeness (QED) is 0.452. The maximum atomic E-state index is 9.17. The lowest BCUT2D eigenvalue weighted by atomic mass is 10.1. The van der Waals surface area contributed by atoms with E-state index >= 15 is 0 Å². The Bertz CT molecular complexity index is 81.1. The van der Waals surface area contributed by atoms with Crippen LogP contribution in [-0.2, 0) is 0 Å². The van der Waals surface area contributed by atoms with Gasteiger partial charge in [0.05, 0.1) is 6.10 Å². The Hall–Kier alpha value is -0.120. The van der Waals surface area contributed by atoms with Gasteiger partial charge in [0, 0.05) is 12.6 Å². The van der Waals surface area contributed by atoms with Crippen molar-refractivity contribution >= 4 is 0 Å². The average Bonchev–Trinajstić information content (AvgIpc) is 2.37. The summed E-state index contributed by atoms with van der Waals surface area (Å²) in [5.74, 6) is 0. The Balaban J connectivity index is 2.24. The molecule has 4 N–H and O–H groups in total. The Kier molecular flexibility index (Phi) is 2.45. The zero-order valence-electron chi connectivity index (χ0n) is 5.51. The Labute approximate surface area is 55.2 Å². The molecule has 0 spiro atoms.